The summed E-state index contributed by atoms with van der Waals surface area (Å²) in [5.74, 6) is 4.00. The highest BCUT2D eigenvalue weighted by molar-refractivity contribution is 7.99. The first-order valence-electron chi connectivity index (χ1n) is 9.65. The zero-order chi connectivity index (χ0) is 18.4. The van der Waals surface area contributed by atoms with Gasteiger partial charge in [-0.1, -0.05) is 29.4 Å². The van der Waals surface area contributed by atoms with Gasteiger partial charge in [-0.2, -0.15) is 0 Å². The summed E-state index contributed by atoms with van der Waals surface area (Å²) in [6.07, 6.45) is 6.64. The number of nitrogens with one attached hydrogen (secondary N) is 1. The van der Waals surface area contributed by atoms with Crippen molar-refractivity contribution in [2.24, 2.45) is 23.7 Å². The molecule has 1 aromatic carbocycles. The van der Waals surface area contributed by atoms with E-state index >= 15 is 0 Å². The van der Waals surface area contributed by atoms with Crippen molar-refractivity contribution in [2.45, 2.75) is 43.4 Å². The predicted octanol–water partition coefficient (Wildman–Crippen LogP) is 4.42. The third-order valence-corrected chi connectivity index (χ3v) is 7.41. The molecule has 142 valence electrons. The van der Waals surface area contributed by atoms with Crippen molar-refractivity contribution in [2.75, 3.05) is 5.75 Å². The topological polar surface area (TPSA) is 68.0 Å². The summed E-state index contributed by atoms with van der Waals surface area (Å²) in [5.41, 5.74) is 0.778. The van der Waals surface area contributed by atoms with Gasteiger partial charge in [0.25, 0.3) is 5.22 Å². The third kappa shape index (κ3) is 3.61. The maximum Gasteiger partial charge on any atom is 0.277 e. The van der Waals surface area contributed by atoms with E-state index in [2.05, 4.69) is 15.5 Å². The van der Waals surface area contributed by atoms with Crippen molar-refractivity contribution in [3.05, 3.63) is 29.3 Å². The molecule has 4 saturated carbocycles. The number of thioether (sulfide) groups is 1. The first kappa shape index (κ1) is 17.6. The van der Waals surface area contributed by atoms with Gasteiger partial charge in [0.1, 0.15) is 0 Å². The van der Waals surface area contributed by atoms with Gasteiger partial charge in [-0.3, -0.25) is 4.79 Å². The van der Waals surface area contributed by atoms with Gasteiger partial charge in [-0.25, -0.2) is 0 Å². The number of hydrogen-bond acceptors (Lipinski definition) is 5. The second-order valence-electron chi connectivity index (χ2n) is 8.20. The van der Waals surface area contributed by atoms with E-state index in [1.165, 1.54) is 43.9 Å². The number of benzene rings is 1. The molecule has 4 aliphatic carbocycles. The Morgan fingerprint density at radius 1 is 1.15 bits per heavy atom. The molecule has 4 bridgehead atoms. The third-order valence-electron chi connectivity index (χ3n) is 6.36. The number of rotatable bonds is 5. The highest BCUT2D eigenvalue weighted by Gasteiger charge is 2.48. The van der Waals surface area contributed by atoms with E-state index in [0.717, 1.165) is 17.4 Å². The lowest BCUT2D eigenvalue weighted by Crippen LogP contribution is -2.56. The van der Waals surface area contributed by atoms with Gasteiger partial charge in [-0.05, 0) is 74.0 Å². The molecule has 1 heterocycles. The van der Waals surface area contributed by atoms with Crippen molar-refractivity contribution < 1.29 is 9.21 Å². The summed E-state index contributed by atoms with van der Waals surface area (Å²) < 4.78 is 5.66. The van der Waals surface area contributed by atoms with Crippen LogP contribution in [0.2, 0.25) is 5.02 Å². The summed E-state index contributed by atoms with van der Waals surface area (Å²) in [6.45, 7) is 0. The molecule has 0 aliphatic heterocycles. The van der Waals surface area contributed by atoms with Crippen LogP contribution in [0.4, 0.5) is 0 Å². The Labute approximate surface area is 167 Å². The van der Waals surface area contributed by atoms with Crippen molar-refractivity contribution in [3.8, 4) is 11.5 Å². The minimum Gasteiger partial charge on any atom is -0.411 e. The van der Waals surface area contributed by atoms with Crippen LogP contribution in [0, 0.1) is 23.7 Å². The molecule has 0 saturated heterocycles. The molecule has 0 unspecified atom stereocenters. The molecule has 4 aliphatic rings. The fourth-order valence-electron chi connectivity index (χ4n) is 5.52. The monoisotopic (exact) mass is 403 g/mol. The molecule has 1 amide bonds. The predicted molar refractivity (Wildman–Crippen MR) is 104 cm³/mol. The molecule has 1 N–H and O–H groups in total. The van der Waals surface area contributed by atoms with Crippen LogP contribution in [0.5, 0.6) is 0 Å². The fraction of sp³-hybridized carbons (Fsp3) is 0.550. The molecular weight excluding hydrogens is 382 g/mol. The normalized spacial score (nSPS) is 31.2. The summed E-state index contributed by atoms with van der Waals surface area (Å²) in [7, 11) is 0. The Morgan fingerprint density at radius 3 is 2.59 bits per heavy atom. The molecule has 6 rings (SSSR count). The van der Waals surface area contributed by atoms with E-state index in [0.29, 0.717) is 39.8 Å². The molecule has 0 radical (unpaired) electrons. The van der Waals surface area contributed by atoms with Crippen LogP contribution in [-0.2, 0) is 4.79 Å². The number of halogens is 1. The van der Waals surface area contributed by atoms with Gasteiger partial charge in [-0.15, -0.1) is 10.2 Å². The summed E-state index contributed by atoms with van der Waals surface area (Å²) in [6, 6.07) is 7.66. The van der Waals surface area contributed by atoms with Crippen LogP contribution >= 0.6 is 23.4 Å². The minimum absolute atomic E-state index is 0.0694. The average molecular weight is 404 g/mol. The van der Waals surface area contributed by atoms with Crippen molar-refractivity contribution in [3.63, 3.8) is 0 Å². The molecular formula is C20H22ClN3O2S. The number of nitrogens with zero attached hydrogens (tertiary/aromatic N) is 2. The maximum absolute atomic E-state index is 12.5. The second kappa shape index (κ2) is 7.13. The molecule has 7 heteroatoms. The van der Waals surface area contributed by atoms with E-state index in [4.69, 9.17) is 16.0 Å². The summed E-state index contributed by atoms with van der Waals surface area (Å²) in [4.78, 5) is 12.5. The van der Waals surface area contributed by atoms with Gasteiger partial charge in [0.05, 0.1) is 5.75 Å². The lowest BCUT2D eigenvalue weighted by molar-refractivity contribution is -0.122. The van der Waals surface area contributed by atoms with Crippen LogP contribution < -0.4 is 5.32 Å². The van der Waals surface area contributed by atoms with Crippen molar-refractivity contribution in [1.82, 2.24) is 15.5 Å². The van der Waals surface area contributed by atoms with Gasteiger partial charge in [0, 0.05) is 16.6 Å². The summed E-state index contributed by atoms with van der Waals surface area (Å²) in [5, 5.41) is 12.4. The number of amides is 1. The molecule has 5 nitrogen and oxygen atoms in total. The Hall–Kier alpha value is -1.53. The van der Waals surface area contributed by atoms with E-state index < -0.39 is 0 Å². The largest absolute Gasteiger partial charge is 0.411 e. The SMILES string of the molecule is O=C(CSc1nnc(-c2cccc(Cl)c2)o1)NC1C2CC3CC(C2)CC1C3. The molecule has 27 heavy (non-hydrogen) atoms. The summed E-state index contributed by atoms with van der Waals surface area (Å²) >= 11 is 7.29. The first-order chi connectivity index (χ1) is 13.1. The number of carbonyl (C=O) groups is 1. The maximum atomic E-state index is 12.5. The van der Waals surface area contributed by atoms with Crippen molar-refractivity contribution in [1.29, 1.82) is 0 Å². The van der Waals surface area contributed by atoms with Gasteiger partial charge >= 0.3 is 0 Å². The molecule has 1 aromatic heterocycles. The van der Waals surface area contributed by atoms with Crippen LogP contribution in [-0.4, -0.2) is 27.9 Å². The van der Waals surface area contributed by atoms with Crippen LogP contribution in [0.25, 0.3) is 11.5 Å². The van der Waals surface area contributed by atoms with Crippen LogP contribution in [0.1, 0.15) is 32.1 Å². The molecule has 2 aromatic rings. The lowest BCUT2D eigenvalue weighted by atomic mass is 9.54. The van der Waals surface area contributed by atoms with E-state index in [9.17, 15) is 4.79 Å². The lowest BCUT2D eigenvalue weighted by Gasteiger charge is -2.54. The first-order valence-corrected chi connectivity index (χ1v) is 11.0. The van der Waals surface area contributed by atoms with Crippen molar-refractivity contribution >= 4 is 29.3 Å². The molecule has 0 spiro atoms. The quantitative estimate of drug-likeness (QED) is 0.748. The van der Waals surface area contributed by atoms with Gasteiger partial charge in [0.15, 0.2) is 0 Å². The van der Waals surface area contributed by atoms with E-state index in [1.54, 1.807) is 12.1 Å². The minimum atomic E-state index is 0.0694. The Morgan fingerprint density at radius 2 is 1.89 bits per heavy atom. The zero-order valence-electron chi connectivity index (χ0n) is 14.9. The highest BCUT2D eigenvalue weighted by Crippen LogP contribution is 2.53. The highest BCUT2D eigenvalue weighted by atomic mass is 35.5. The van der Waals surface area contributed by atoms with Gasteiger partial charge < -0.3 is 9.73 Å². The van der Waals surface area contributed by atoms with Crippen LogP contribution in [0.3, 0.4) is 0 Å². The second-order valence-corrected chi connectivity index (χ2v) is 9.56. The van der Waals surface area contributed by atoms with E-state index in [-0.39, 0.29) is 5.91 Å². The van der Waals surface area contributed by atoms with Crippen LogP contribution in [0.15, 0.2) is 33.9 Å². The Kier molecular flexibility index (Phi) is 4.64. The molecule has 0 atom stereocenters. The number of aromatic nitrogens is 2. The van der Waals surface area contributed by atoms with E-state index in [1.807, 2.05) is 12.1 Å². The Bertz CT molecular complexity index is 827. The molecule has 4 fully saturated rings. The van der Waals surface area contributed by atoms with Gasteiger partial charge in [0.2, 0.25) is 11.8 Å². The number of hydrogen-bond donors (Lipinski definition) is 1. The number of carbonyl (C=O) groups excluding carboxylic acids is 1. The fourth-order valence-corrected chi connectivity index (χ4v) is 6.29. The Balaban J connectivity index is 1.17. The average Bonchev–Trinajstić information content (AvgIpc) is 3.11. The zero-order valence-corrected chi connectivity index (χ0v) is 16.5. The smallest absolute Gasteiger partial charge is 0.277 e. The standard InChI is InChI=1S/C20H22ClN3O2S/c21-16-3-1-2-13(9-16)19-23-24-20(26-19)27-10-17(25)22-18-14-5-11-4-12(7-14)8-15(18)6-11/h1-3,9,11-12,14-15,18H,4-8,10H2,(H,22,25).